The molecule has 1 aromatic carbocycles. The van der Waals surface area contributed by atoms with Gasteiger partial charge in [0.05, 0.1) is 18.1 Å². The summed E-state index contributed by atoms with van der Waals surface area (Å²) >= 11 is 0. The molecule has 126 valence electrons. The SMILES string of the molecule is CO[C@H](C(=O)NCC(=O)N[C@H]1CCS(=O)(=O)C1)c1ccccc1. The van der Waals surface area contributed by atoms with Crippen LogP contribution < -0.4 is 10.6 Å². The van der Waals surface area contributed by atoms with Crippen molar-refractivity contribution in [1.82, 2.24) is 10.6 Å². The van der Waals surface area contributed by atoms with Gasteiger partial charge >= 0.3 is 0 Å². The molecule has 2 atom stereocenters. The van der Waals surface area contributed by atoms with Crippen molar-refractivity contribution < 1.29 is 22.7 Å². The average molecular weight is 340 g/mol. The number of benzene rings is 1. The topological polar surface area (TPSA) is 102 Å². The first-order valence-electron chi connectivity index (χ1n) is 7.26. The highest BCUT2D eigenvalue weighted by Gasteiger charge is 2.29. The van der Waals surface area contributed by atoms with E-state index in [4.69, 9.17) is 4.74 Å². The Morgan fingerprint density at radius 1 is 1.30 bits per heavy atom. The number of rotatable bonds is 6. The molecule has 2 amide bonds. The third kappa shape index (κ3) is 5.04. The van der Waals surface area contributed by atoms with E-state index in [1.165, 1.54) is 7.11 Å². The molecule has 0 radical (unpaired) electrons. The first-order chi connectivity index (χ1) is 10.9. The van der Waals surface area contributed by atoms with Gasteiger partial charge in [0.2, 0.25) is 5.91 Å². The average Bonchev–Trinajstić information content (AvgIpc) is 2.86. The van der Waals surface area contributed by atoms with Crippen LogP contribution in [0.25, 0.3) is 0 Å². The summed E-state index contributed by atoms with van der Waals surface area (Å²) in [5.74, 6) is -0.794. The number of amides is 2. The zero-order valence-electron chi connectivity index (χ0n) is 12.8. The van der Waals surface area contributed by atoms with Crippen molar-refractivity contribution >= 4 is 21.7 Å². The van der Waals surface area contributed by atoms with Crippen molar-refractivity contribution in [1.29, 1.82) is 0 Å². The molecule has 1 aliphatic heterocycles. The number of sulfone groups is 1. The molecule has 1 aliphatic rings. The van der Waals surface area contributed by atoms with Crippen LogP contribution in [-0.4, -0.2) is 51.4 Å². The van der Waals surface area contributed by atoms with Crippen LogP contribution in [-0.2, 0) is 24.2 Å². The molecule has 0 saturated carbocycles. The molecule has 0 aromatic heterocycles. The summed E-state index contributed by atoms with van der Waals surface area (Å²) in [6.07, 6.45) is -0.386. The summed E-state index contributed by atoms with van der Waals surface area (Å²) in [6.45, 7) is -0.220. The van der Waals surface area contributed by atoms with Crippen LogP contribution in [0.15, 0.2) is 30.3 Å². The lowest BCUT2D eigenvalue weighted by Crippen LogP contribution is -2.43. The summed E-state index contributed by atoms with van der Waals surface area (Å²) < 4.78 is 27.8. The van der Waals surface area contributed by atoms with Gasteiger partial charge in [-0.15, -0.1) is 0 Å². The van der Waals surface area contributed by atoms with Gasteiger partial charge < -0.3 is 15.4 Å². The van der Waals surface area contributed by atoms with Gasteiger partial charge in [0, 0.05) is 13.2 Å². The second kappa shape index (κ2) is 7.56. The molecule has 0 bridgehead atoms. The van der Waals surface area contributed by atoms with Crippen molar-refractivity contribution in [2.75, 3.05) is 25.2 Å². The van der Waals surface area contributed by atoms with Crippen molar-refractivity contribution in [2.45, 2.75) is 18.6 Å². The number of carbonyl (C=O) groups is 2. The van der Waals surface area contributed by atoms with E-state index in [0.717, 1.165) is 0 Å². The van der Waals surface area contributed by atoms with Gasteiger partial charge in [-0.1, -0.05) is 30.3 Å². The van der Waals surface area contributed by atoms with E-state index >= 15 is 0 Å². The Hall–Kier alpha value is -1.93. The third-order valence-electron chi connectivity index (χ3n) is 3.60. The summed E-state index contributed by atoms with van der Waals surface area (Å²) in [4.78, 5) is 23.9. The van der Waals surface area contributed by atoms with Crippen LogP contribution in [0.3, 0.4) is 0 Å². The third-order valence-corrected chi connectivity index (χ3v) is 5.36. The summed E-state index contributed by atoms with van der Waals surface area (Å²) in [5, 5.41) is 5.11. The van der Waals surface area contributed by atoms with Gasteiger partial charge in [0.25, 0.3) is 5.91 Å². The number of carbonyl (C=O) groups excluding carboxylic acids is 2. The van der Waals surface area contributed by atoms with E-state index < -0.39 is 27.8 Å². The van der Waals surface area contributed by atoms with Crippen LogP contribution >= 0.6 is 0 Å². The fourth-order valence-corrected chi connectivity index (χ4v) is 4.14. The normalized spacial score (nSPS) is 20.7. The Balaban J connectivity index is 1.82. The number of ether oxygens (including phenoxy) is 1. The van der Waals surface area contributed by atoms with Crippen molar-refractivity contribution in [3.63, 3.8) is 0 Å². The van der Waals surface area contributed by atoms with Gasteiger partial charge in [-0.25, -0.2) is 8.42 Å². The minimum absolute atomic E-state index is 0.0442. The summed E-state index contributed by atoms with van der Waals surface area (Å²) in [7, 11) is -1.63. The van der Waals surface area contributed by atoms with Gasteiger partial charge in [-0.2, -0.15) is 0 Å². The molecule has 1 aromatic rings. The Kier molecular flexibility index (Phi) is 5.73. The fraction of sp³-hybridized carbons (Fsp3) is 0.467. The monoisotopic (exact) mass is 340 g/mol. The number of methoxy groups -OCH3 is 1. The van der Waals surface area contributed by atoms with Crippen LogP contribution in [0.1, 0.15) is 18.1 Å². The standard InChI is InChI=1S/C15H20N2O5S/c1-22-14(11-5-3-2-4-6-11)15(19)16-9-13(18)17-12-7-8-23(20,21)10-12/h2-6,12,14H,7-10H2,1H3,(H,16,19)(H,17,18)/t12-,14-/m0/s1. The molecule has 2 N–H and O–H groups in total. The first kappa shape index (κ1) is 17.4. The van der Waals surface area contributed by atoms with Crippen molar-refractivity contribution in [2.24, 2.45) is 0 Å². The highest BCUT2D eigenvalue weighted by atomic mass is 32.2. The first-order valence-corrected chi connectivity index (χ1v) is 9.08. The molecular weight excluding hydrogens is 320 g/mol. The Labute approximate surface area is 135 Å². The molecular formula is C15H20N2O5S. The highest BCUT2D eigenvalue weighted by molar-refractivity contribution is 7.91. The lowest BCUT2D eigenvalue weighted by atomic mass is 10.1. The zero-order valence-corrected chi connectivity index (χ0v) is 13.6. The molecule has 8 heteroatoms. The number of hydrogen-bond acceptors (Lipinski definition) is 5. The molecule has 23 heavy (non-hydrogen) atoms. The number of hydrogen-bond donors (Lipinski definition) is 2. The van der Waals surface area contributed by atoms with E-state index in [2.05, 4.69) is 10.6 Å². The molecule has 0 spiro atoms. The predicted molar refractivity (Wildman–Crippen MR) is 84.4 cm³/mol. The smallest absolute Gasteiger partial charge is 0.254 e. The molecule has 1 heterocycles. The van der Waals surface area contributed by atoms with Crippen LogP contribution in [0.5, 0.6) is 0 Å². The van der Waals surface area contributed by atoms with Crippen molar-refractivity contribution in [3.8, 4) is 0 Å². The lowest BCUT2D eigenvalue weighted by molar-refractivity contribution is -0.133. The molecule has 1 saturated heterocycles. The van der Waals surface area contributed by atoms with Gasteiger partial charge in [0.1, 0.15) is 0 Å². The van der Waals surface area contributed by atoms with E-state index in [1.807, 2.05) is 6.07 Å². The van der Waals surface area contributed by atoms with Crippen LogP contribution in [0, 0.1) is 0 Å². The summed E-state index contributed by atoms with van der Waals surface area (Å²) in [5.41, 5.74) is 0.690. The molecule has 2 rings (SSSR count). The number of nitrogens with one attached hydrogen (secondary N) is 2. The van der Waals surface area contributed by atoms with E-state index in [1.54, 1.807) is 24.3 Å². The minimum Gasteiger partial charge on any atom is -0.367 e. The van der Waals surface area contributed by atoms with E-state index in [-0.39, 0.29) is 24.1 Å². The summed E-state index contributed by atoms with van der Waals surface area (Å²) in [6, 6.07) is 8.56. The Bertz CT molecular complexity index is 660. The zero-order chi connectivity index (χ0) is 16.9. The largest absolute Gasteiger partial charge is 0.367 e. The van der Waals surface area contributed by atoms with E-state index in [0.29, 0.717) is 12.0 Å². The molecule has 7 nitrogen and oxygen atoms in total. The van der Waals surface area contributed by atoms with Crippen LogP contribution in [0.2, 0.25) is 0 Å². The molecule has 0 aliphatic carbocycles. The Morgan fingerprint density at radius 3 is 2.57 bits per heavy atom. The molecule has 1 fully saturated rings. The maximum Gasteiger partial charge on any atom is 0.254 e. The van der Waals surface area contributed by atoms with Gasteiger partial charge in [-0.3, -0.25) is 9.59 Å². The lowest BCUT2D eigenvalue weighted by Gasteiger charge is -2.16. The van der Waals surface area contributed by atoms with Crippen LogP contribution in [0.4, 0.5) is 0 Å². The maximum absolute atomic E-state index is 12.1. The Morgan fingerprint density at radius 2 is 2.00 bits per heavy atom. The van der Waals surface area contributed by atoms with Crippen molar-refractivity contribution in [3.05, 3.63) is 35.9 Å². The molecule has 0 unspecified atom stereocenters. The van der Waals surface area contributed by atoms with Gasteiger partial charge in [-0.05, 0) is 12.0 Å². The fourth-order valence-electron chi connectivity index (χ4n) is 2.47. The van der Waals surface area contributed by atoms with E-state index in [9.17, 15) is 18.0 Å². The highest BCUT2D eigenvalue weighted by Crippen LogP contribution is 2.16. The maximum atomic E-state index is 12.1. The second-order valence-electron chi connectivity index (χ2n) is 5.41. The quantitative estimate of drug-likeness (QED) is 0.746. The second-order valence-corrected chi connectivity index (χ2v) is 7.64. The van der Waals surface area contributed by atoms with Gasteiger partial charge in [0.15, 0.2) is 15.9 Å². The predicted octanol–water partition coefficient (Wildman–Crippen LogP) is -0.206. The minimum atomic E-state index is -3.05.